The highest BCUT2D eigenvalue weighted by atomic mass is 16.4. The smallest absolute Gasteiger partial charge is 0.323 e. The Morgan fingerprint density at radius 2 is 1.95 bits per heavy atom. The quantitative estimate of drug-likeness (QED) is 0.612. The first-order chi connectivity index (χ1) is 9.45. The Morgan fingerprint density at radius 1 is 1.35 bits per heavy atom. The molecule has 2 N–H and O–H groups in total. The lowest BCUT2D eigenvalue weighted by Gasteiger charge is -2.31. The van der Waals surface area contributed by atoms with E-state index in [1.54, 1.807) is 0 Å². The zero-order valence-corrected chi connectivity index (χ0v) is 13.6. The molecule has 0 aromatic rings. The molecular formula is C16H32N2O2. The van der Waals surface area contributed by atoms with Gasteiger partial charge in [0.25, 0.3) is 0 Å². The monoisotopic (exact) mass is 284 g/mol. The van der Waals surface area contributed by atoms with Crippen LogP contribution in [0.4, 0.5) is 0 Å². The van der Waals surface area contributed by atoms with E-state index in [9.17, 15) is 9.90 Å². The topological polar surface area (TPSA) is 52.6 Å². The summed E-state index contributed by atoms with van der Waals surface area (Å²) >= 11 is 0. The summed E-state index contributed by atoms with van der Waals surface area (Å²) < 4.78 is 0. The van der Waals surface area contributed by atoms with Crippen molar-refractivity contribution >= 4 is 5.97 Å². The third-order valence-electron chi connectivity index (χ3n) is 4.62. The van der Waals surface area contributed by atoms with Gasteiger partial charge in [0.1, 0.15) is 5.54 Å². The average Bonchev–Trinajstić information content (AvgIpc) is 3.23. The molecule has 4 nitrogen and oxygen atoms in total. The summed E-state index contributed by atoms with van der Waals surface area (Å²) in [5.41, 5.74) is -0.775. The molecule has 0 amide bonds. The lowest BCUT2D eigenvalue weighted by atomic mass is 9.96. The minimum atomic E-state index is -0.775. The first-order valence-electron chi connectivity index (χ1n) is 8.18. The zero-order valence-electron chi connectivity index (χ0n) is 13.6. The largest absolute Gasteiger partial charge is 0.480 e. The number of aliphatic carboxylic acids is 1. The van der Waals surface area contributed by atoms with E-state index in [1.807, 2.05) is 6.92 Å². The van der Waals surface area contributed by atoms with E-state index in [0.717, 1.165) is 38.4 Å². The van der Waals surface area contributed by atoms with Gasteiger partial charge in [0.05, 0.1) is 0 Å². The third-order valence-corrected chi connectivity index (χ3v) is 4.62. The molecule has 0 aromatic carbocycles. The Balaban J connectivity index is 2.48. The number of nitrogens with zero attached hydrogens (tertiary/aromatic N) is 1. The molecule has 1 aliphatic carbocycles. The average molecular weight is 284 g/mol. The molecule has 0 saturated heterocycles. The van der Waals surface area contributed by atoms with Gasteiger partial charge in [-0.3, -0.25) is 10.1 Å². The van der Waals surface area contributed by atoms with Crippen LogP contribution in [0.1, 0.15) is 59.8 Å². The molecule has 0 spiro atoms. The molecule has 0 aromatic heterocycles. The number of carbonyl (C=O) groups is 1. The van der Waals surface area contributed by atoms with Crippen LogP contribution in [0.15, 0.2) is 0 Å². The van der Waals surface area contributed by atoms with Gasteiger partial charge >= 0.3 is 5.97 Å². The Morgan fingerprint density at radius 3 is 2.35 bits per heavy atom. The fraction of sp³-hybridized carbons (Fsp3) is 0.938. The second kappa shape index (κ2) is 7.99. The normalized spacial score (nSPS) is 18.5. The van der Waals surface area contributed by atoms with Crippen LogP contribution in [0.2, 0.25) is 0 Å². The fourth-order valence-electron chi connectivity index (χ4n) is 2.59. The fourth-order valence-corrected chi connectivity index (χ4v) is 2.59. The first kappa shape index (κ1) is 17.4. The van der Waals surface area contributed by atoms with Crippen LogP contribution < -0.4 is 5.32 Å². The Bertz CT molecular complexity index is 301. The van der Waals surface area contributed by atoms with Gasteiger partial charge in [0.2, 0.25) is 0 Å². The maximum Gasteiger partial charge on any atom is 0.323 e. The van der Waals surface area contributed by atoms with Gasteiger partial charge in [-0.2, -0.15) is 0 Å². The van der Waals surface area contributed by atoms with E-state index in [1.165, 1.54) is 12.8 Å². The minimum Gasteiger partial charge on any atom is -0.480 e. The van der Waals surface area contributed by atoms with Gasteiger partial charge in [-0.1, -0.05) is 33.6 Å². The summed E-state index contributed by atoms with van der Waals surface area (Å²) in [5.74, 6) is 0.00501. The molecule has 1 rings (SSSR count). The molecule has 0 heterocycles. The van der Waals surface area contributed by atoms with Crippen LogP contribution in [0.5, 0.6) is 0 Å². The standard InChI is InChI=1S/C16H32N2O2/c1-5-13(6-2)12-18(7-3)11-10-16(4,15(19)20)17-14-8-9-14/h13-14,17H,5-12H2,1-4H3,(H,19,20). The maximum atomic E-state index is 11.5. The van der Waals surface area contributed by atoms with Crippen LogP contribution >= 0.6 is 0 Å². The summed E-state index contributed by atoms with van der Waals surface area (Å²) in [6.45, 7) is 11.4. The van der Waals surface area contributed by atoms with Crippen molar-refractivity contribution in [2.75, 3.05) is 19.6 Å². The Kier molecular flexibility index (Phi) is 6.96. The number of carboxylic acids is 1. The van der Waals surface area contributed by atoms with Gasteiger partial charge in [-0.05, 0) is 38.6 Å². The highest BCUT2D eigenvalue weighted by Crippen LogP contribution is 2.24. The SMILES string of the molecule is CCC(CC)CN(CC)CCC(C)(NC1CC1)C(=O)O. The van der Waals surface area contributed by atoms with E-state index in [0.29, 0.717) is 12.5 Å². The van der Waals surface area contributed by atoms with Crippen LogP contribution in [-0.2, 0) is 4.79 Å². The summed E-state index contributed by atoms with van der Waals surface area (Å²) in [4.78, 5) is 13.9. The van der Waals surface area contributed by atoms with Gasteiger partial charge in [-0.25, -0.2) is 0 Å². The Hall–Kier alpha value is -0.610. The molecular weight excluding hydrogens is 252 g/mol. The van der Waals surface area contributed by atoms with Crippen molar-refractivity contribution in [3.63, 3.8) is 0 Å². The molecule has 1 saturated carbocycles. The van der Waals surface area contributed by atoms with Crippen LogP contribution in [0, 0.1) is 5.92 Å². The second-order valence-electron chi connectivity index (χ2n) is 6.38. The van der Waals surface area contributed by atoms with E-state index in [2.05, 4.69) is 31.0 Å². The summed E-state index contributed by atoms with van der Waals surface area (Å²) in [6, 6.07) is 0.421. The molecule has 0 radical (unpaired) electrons. The summed E-state index contributed by atoms with van der Waals surface area (Å²) in [7, 11) is 0. The van der Waals surface area contributed by atoms with Gasteiger partial charge in [0, 0.05) is 19.1 Å². The van der Waals surface area contributed by atoms with Crippen molar-refractivity contribution in [1.82, 2.24) is 10.2 Å². The molecule has 1 fully saturated rings. The highest BCUT2D eigenvalue weighted by Gasteiger charge is 2.38. The highest BCUT2D eigenvalue weighted by molar-refractivity contribution is 5.78. The lowest BCUT2D eigenvalue weighted by molar-refractivity contribution is -0.144. The molecule has 1 atom stereocenters. The summed E-state index contributed by atoms with van der Waals surface area (Å²) in [6.07, 6.45) is 5.31. The number of hydrogen-bond donors (Lipinski definition) is 2. The van der Waals surface area contributed by atoms with Gasteiger partial charge in [-0.15, -0.1) is 0 Å². The minimum absolute atomic E-state index is 0.421. The molecule has 4 heteroatoms. The number of rotatable bonds is 11. The molecule has 1 aliphatic rings. The zero-order chi connectivity index (χ0) is 15.2. The van der Waals surface area contributed by atoms with Crippen LogP contribution in [0.3, 0.4) is 0 Å². The number of carboxylic acid groups (broad SMARTS) is 1. The van der Waals surface area contributed by atoms with Crippen molar-refractivity contribution in [3.8, 4) is 0 Å². The first-order valence-corrected chi connectivity index (χ1v) is 8.18. The van der Waals surface area contributed by atoms with E-state index in [4.69, 9.17) is 0 Å². The molecule has 118 valence electrons. The van der Waals surface area contributed by atoms with Gasteiger partial charge < -0.3 is 10.0 Å². The lowest BCUT2D eigenvalue weighted by Crippen LogP contribution is -2.52. The van der Waals surface area contributed by atoms with Crippen molar-refractivity contribution in [1.29, 1.82) is 0 Å². The molecule has 0 aliphatic heterocycles. The predicted molar refractivity (Wildman–Crippen MR) is 83.0 cm³/mol. The molecule has 0 bridgehead atoms. The van der Waals surface area contributed by atoms with Crippen LogP contribution in [0.25, 0.3) is 0 Å². The summed E-state index contributed by atoms with van der Waals surface area (Å²) in [5, 5.41) is 12.8. The van der Waals surface area contributed by atoms with Crippen molar-refractivity contribution in [3.05, 3.63) is 0 Å². The van der Waals surface area contributed by atoms with E-state index >= 15 is 0 Å². The van der Waals surface area contributed by atoms with Crippen molar-refractivity contribution < 1.29 is 9.90 Å². The molecule has 20 heavy (non-hydrogen) atoms. The van der Waals surface area contributed by atoms with Crippen LogP contribution in [-0.4, -0.2) is 47.2 Å². The number of hydrogen-bond acceptors (Lipinski definition) is 3. The van der Waals surface area contributed by atoms with Crippen molar-refractivity contribution in [2.45, 2.75) is 71.4 Å². The van der Waals surface area contributed by atoms with E-state index in [-0.39, 0.29) is 0 Å². The van der Waals surface area contributed by atoms with Gasteiger partial charge in [0.15, 0.2) is 0 Å². The second-order valence-corrected chi connectivity index (χ2v) is 6.38. The Labute approximate surface area is 123 Å². The number of nitrogens with one attached hydrogen (secondary N) is 1. The third kappa shape index (κ3) is 5.41. The maximum absolute atomic E-state index is 11.5. The van der Waals surface area contributed by atoms with E-state index < -0.39 is 11.5 Å². The van der Waals surface area contributed by atoms with Crippen molar-refractivity contribution in [2.24, 2.45) is 5.92 Å². The predicted octanol–water partition coefficient (Wildman–Crippen LogP) is 2.73. The molecule has 1 unspecified atom stereocenters.